The number of benzene rings is 2. The third-order valence-corrected chi connectivity index (χ3v) is 6.35. The van der Waals surface area contributed by atoms with Gasteiger partial charge in [-0.1, -0.05) is 0 Å². The molecule has 2 aromatic carbocycles. The van der Waals surface area contributed by atoms with Crippen LogP contribution in [-0.2, 0) is 10.4 Å². The molecule has 20 heavy (non-hydrogen) atoms. The van der Waals surface area contributed by atoms with Crippen molar-refractivity contribution in [2.75, 3.05) is 23.4 Å². The van der Waals surface area contributed by atoms with E-state index in [4.69, 9.17) is 0 Å². The molecule has 0 aromatic heterocycles. The molecule has 0 aliphatic carbocycles. The van der Waals surface area contributed by atoms with Gasteiger partial charge < -0.3 is 0 Å². The average molecular weight is 333 g/mol. The summed E-state index contributed by atoms with van der Waals surface area (Å²) >= 11 is -1.83. The van der Waals surface area contributed by atoms with Gasteiger partial charge >= 0.3 is 123 Å². The third-order valence-electron chi connectivity index (χ3n) is 3.45. The first-order valence-corrected chi connectivity index (χ1v) is 9.58. The first-order valence-electron chi connectivity index (χ1n) is 6.81. The molecule has 0 saturated carbocycles. The number of nitrogens with one attached hydrogen (secondary N) is 1. The van der Waals surface area contributed by atoms with Gasteiger partial charge in [0.05, 0.1) is 0 Å². The molecule has 0 saturated heterocycles. The molecule has 0 amide bonds. The summed E-state index contributed by atoms with van der Waals surface area (Å²) in [5.41, 5.74) is 3.17. The second-order valence-electron chi connectivity index (χ2n) is 4.87. The van der Waals surface area contributed by atoms with E-state index in [1.807, 2.05) is 24.3 Å². The predicted molar refractivity (Wildman–Crippen MR) is 82.9 cm³/mol. The van der Waals surface area contributed by atoms with E-state index in [-0.39, 0.29) is 0 Å². The molecular formula is C16H18N2OSe. The zero-order chi connectivity index (χ0) is 13.8. The molecule has 4 heteroatoms. The van der Waals surface area contributed by atoms with E-state index in [0.29, 0.717) is 5.44 Å². The minimum absolute atomic E-state index is 0.715. The Hall–Kier alpha value is -1.48. The Morgan fingerprint density at radius 1 is 1.05 bits per heavy atom. The Labute approximate surface area is 123 Å². The van der Waals surface area contributed by atoms with Crippen molar-refractivity contribution >= 4 is 24.0 Å². The van der Waals surface area contributed by atoms with Crippen molar-refractivity contribution < 1.29 is 3.83 Å². The summed E-state index contributed by atoms with van der Waals surface area (Å²) in [6.07, 6.45) is 0. The van der Waals surface area contributed by atoms with Gasteiger partial charge in [0.25, 0.3) is 0 Å². The van der Waals surface area contributed by atoms with Crippen molar-refractivity contribution in [3.8, 4) is 0 Å². The van der Waals surface area contributed by atoms with Gasteiger partial charge in [-0.2, -0.15) is 0 Å². The minimum atomic E-state index is -1.83. The van der Waals surface area contributed by atoms with Gasteiger partial charge in [-0.25, -0.2) is 0 Å². The van der Waals surface area contributed by atoms with Gasteiger partial charge in [0, 0.05) is 0 Å². The molecular weight excluding hydrogens is 315 g/mol. The number of nitrogens with zero attached hydrogens (tertiary/aromatic N) is 1. The van der Waals surface area contributed by atoms with Crippen molar-refractivity contribution in [3.05, 3.63) is 60.2 Å². The van der Waals surface area contributed by atoms with Crippen LogP contribution in [0.2, 0.25) is 0 Å². The number of hydrogen-bond acceptors (Lipinski definition) is 3. The molecule has 0 radical (unpaired) electrons. The van der Waals surface area contributed by atoms with Crippen molar-refractivity contribution in [2.45, 2.75) is 6.54 Å². The number of fused-ring (bicyclic) bond motifs is 1. The Kier molecular flexibility index (Phi) is 4.26. The molecule has 104 valence electrons. The summed E-state index contributed by atoms with van der Waals surface area (Å²) in [6, 6.07) is 18.5. The van der Waals surface area contributed by atoms with Crippen LogP contribution in [0.4, 0.5) is 5.69 Å². The van der Waals surface area contributed by atoms with Crippen LogP contribution in [0.15, 0.2) is 54.6 Å². The topological polar surface area (TPSA) is 32.3 Å². The molecule has 1 aliphatic rings. The van der Waals surface area contributed by atoms with Crippen LogP contribution in [0.1, 0.15) is 5.56 Å². The molecule has 1 aliphatic heterocycles. The Morgan fingerprint density at radius 3 is 2.65 bits per heavy atom. The molecule has 0 fully saturated rings. The van der Waals surface area contributed by atoms with E-state index in [0.717, 1.165) is 29.8 Å². The normalized spacial score (nSPS) is 17.2. The summed E-state index contributed by atoms with van der Waals surface area (Å²) in [4.78, 5) is 2.24. The van der Waals surface area contributed by atoms with Crippen LogP contribution >= 0.6 is 0 Å². The number of hydrogen-bond donors (Lipinski definition) is 1. The van der Waals surface area contributed by atoms with Crippen molar-refractivity contribution in [2.24, 2.45) is 0 Å². The molecule has 3 nitrogen and oxygen atoms in total. The third kappa shape index (κ3) is 2.98. The second kappa shape index (κ2) is 6.31. The van der Waals surface area contributed by atoms with Crippen LogP contribution in [0.25, 0.3) is 0 Å². The van der Waals surface area contributed by atoms with Crippen LogP contribution in [0.5, 0.6) is 0 Å². The summed E-state index contributed by atoms with van der Waals surface area (Å²) < 4.78 is 13.1. The van der Waals surface area contributed by atoms with Gasteiger partial charge in [-0.3, -0.25) is 0 Å². The van der Waals surface area contributed by atoms with Crippen molar-refractivity contribution in [3.63, 3.8) is 0 Å². The maximum absolute atomic E-state index is 12.1. The van der Waals surface area contributed by atoms with Crippen LogP contribution in [-0.4, -0.2) is 32.4 Å². The first kappa shape index (κ1) is 13.5. The molecule has 3 rings (SSSR count). The Bertz CT molecular complexity index is 600. The van der Waals surface area contributed by atoms with Gasteiger partial charge in [0.2, 0.25) is 0 Å². The fourth-order valence-corrected chi connectivity index (χ4v) is 5.25. The monoisotopic (exact) mass is 334 g/mol. The second-order valence-corrected chi connectivity index (χ2v) is 7.78. The number of anilines is 1. The van der Waals surface area contributed by atoms with Crippen LogP contribution in [0, 0.1) is 0 Å². The van der Waals surface area contributed by atoms with Gasteiger partial charge in [0.1, 0.15) is 0 Å². The first-order chi connectivity index (χ1) is 9.84. The zero-order valence-electron chi connectivity index (χ0n) is 11.3. The quantitative estimate of drug-likeness (QED) is 0.664. The van der Waals surface area contributed by atoms with Crippen LogP contribution in [0.3, 0.4) is 0 Å². The summed E-state index contributed by atoms with van der Waals surface area (Å²) in [5, 5.41) is 3.44. The van der Waals surface area contributed by atoms with E-state index in [1.165, 1.54) is 5.56 Å². The molecule has 1 heterocycles. The Balaban J connectivity index is 1.52. The van der Waals surface area contributed by atoms with E-state index in [9.17, 15) is 3.83 Å². The fourth-order valence-electron chi connectivity index (χ4n) is 2.42. The maximum atomic E-state index is 12.1. The summed E-state index contributed by atoms with van der Waals surface area (Å²) in [5.74, 6) is 0. The molecule has 1 unspecified atom stereocenters. The predicted octanol–water partition coefficient (Wildman–Crippen LogP) is 1.46. The average Bonchev–Trinajstić information content (AvgIpc) is 2.82. The molecule has 0 bridgehead atoms. The van der Waals surface area contributed by atoms with Gasteiger partial charge in [-0.05, 0) is 0 Å². The Morgan fingerprint density at radius 2 is 1.80 bits per heavy atom. The number of rotatable bonds is 5. The molecule has 1 atom stereocenters. The molecule has 0 spiro atoms. The standard InChI is InChI=1S/C16H18N2OSe/c19-20-13-18(15-8-4-5-9-16(15)20)11-10-17-12-14-6-2-1-3-7-14/h1-9,17H,10-13H2. The molecule has 2 aromatic rings. The SMILES string of the molecule is O=[Se]1CN(CCNCc2ccccc2)c2ccccc21. The van der Waals surface area contributed by atoms with Crippen LogP contribution < -0.4 is 14.7 Å². The van der Waals surface area contributed by atoms with Crippen molar-refractivity contribution in [1.82, 2.24) is 5.32 Å². The molecule has 1 N–H and O–H groups in total. The summed E-state index contributed by atoms with van der Waals surface area (Å²) in [6.45, 7) is 2.70. The van der Waals surface area contributed by atoms with E-state index < -0.39 is 13.8 Å². The van der Waals surface area contributed by atoms with Gasteiger partial charge in [-0.15, -0.1) is 0 Å². The number of para-hydroxylation sites is 1. The van der Waals surface area contributed by atoms with E-state index in [2.05, 4.69) is 40.5 Å². The van der Waals surface area contributed by atoms with Gasteiger partial charge in [0.15, 0.2) is 0 Å². The fraction of sp³-hybridized carbons (Fsp3) is 0.250. The van der Waals surface area contributed by atoms with E-state index in [1.54, 1.807) is 0 Å². The zero-order valence-corrected chi connectivity index (χ0v) is 13.0. The summed E-state index contributed by atoms with van der Waals surface area (Å²) in [7, 11) is 0. The van der Waals surface area contributed by atoms with E-state index >= 15 is 0 Å². The van der Waals surface area contributed by atoms with Crippen molar-refractivity contribution in [1.29, 1.82) is 0 Å².